The molecular weight excluding hydrogens is 387 g/mol. The third kappa shape index (κ3) is 3.33. The summed E-state index contributed by atoms with van der Waals surface area (Å²) in [5.41, 5.74) is 0.739. The van der Waals surface area contributed by atoms with E-state index in [2.05, 4.69) is 9.84 Å². The molecule has 0 aliphatic carbocycles. The molecule has 2 aromatic rings. The van der Waals surface area contributed by atoms with Crippen LogP contribution in [-0.2, 0) is 21.0 Å². The highest BCUT2D eigenvalue weighted by Gasteiger charge is 2.36. The number of ether oxygens (including phenoxy) is 4. The first-order valence-corrected chi connectivity index (χ1v) is 8.44. The van der Waals surface area contributed by atoms with Gasteiger partial charge in [0.05, 0.1) is 17.8 Å². The molecular formula is C16H16Cl2N2O6. The second-order valence-corrected chi connectivity index (χ2v) is 6.05. The molecule has 2 atom stereocenters. The summed E-state index contributed by atoms with van der Waals surface area (Å²) < 4.78 is 22.1. The molecule has 2 unspecified atom stereocenters. The Morgan fingerprint density at radius 1 is 1.42 bits per heavy atom. The minimum atomic E-state index is -1.28. The molecule has 0 amide bonds. The van der Waals surface area contributed by atoms with Crippen molar-refractivity contribution >= 4 is 29.2 Å². The van der Waals surface area contributed by atoms with Gasteiger partial charge in [-0.2, -0.15) is 5.10 Å². The van der Waals surface area contributed by atoms with Gasteiger partial charge in [0.2, 0.25) is 0 Å². The van der Waals surface area contributed by atoms with Gasteiger partial charge in [-0.3, -0.25) is 0 Å². The minimum absolute atomic E-state index is 0.0282. The number of fused-ring (bicyclic) bond motifs is 1. The maximum atomic E-state index is 11.6. The first-order chi connectivity index (χ1) is 12.5. The van der Waals surface area contributed by atoms with Gasteiger partial charge in [-0.1, -0.05) is 23.2 Å². The Kier molecular flexibility index (Phi) is 5.57. The summed E-state index contributed by atoms with van der Waals surface area (Å²) in [5, 5.41) is 15.0. The molecule has 0 saturated carbocycles. The van der Waals surface area contributed by atoms with E-state index in [1.54, 1.807) is 6.07 Å². The lowest BCUT2D eigenvalue weighted by molar-refractivity contribution is -0.158. The molecule has 2 heterocycles. The Labute approximate surface area is 159 Å². The molecule has 0 radical (unpaired) electrons. The molecule has 1 aliphatic rings. The van der Waals surface area contributed by atoms with Crippen LogP contribution in [0.3, 0.4) is 0 Å². The molecule has 26 heavy (non-hydrogen) atoms. The summed E-state index contributed by atoms with van der Waals surface area (Å²) in [6.07, 6.45) is -0.888. The van der Waals surface area contributed by atoms with Gasteiger partial charge in [-0.05, 0) is 19.1 Å². The Balaban J connectivity index is 1.94. The van der Waals surface area contributed by atoms with E-state index in [1.165, 1.54) is 24.1 Å². The molecule has 0 bridgehead atoms. The molecule has 8 nitrogen and oxygen atoms in total. The molecule has 10 heteroatoms. The number of halogens is 2. The maximum absolute atomic E-state index is 11.6. The average molecular weight is 403 g/mol. The van der Waals surface area contributed by atoms with E-state index in [0.717, 1.165) is 0 Å². The Hall–Kier alpha value is -2.00. The number of benzene rings is 1. The minimum Gasteiger partial charge on any atom is -0.463 e. The van der Waals surface area contributed by atoms with Crippen LogP contribution in [0, 0.1) is 0 Å². The molecule has 0 saturated heterocycles. The van der Waals surface area contributed by atoms with Gasteiger partial charge < -0.3 is 24.1 Å². The normalized spacial score (nSPS) is 16.6. The number of carbonyl (C=O) groups is 1. The first-order valence-electron chi connectivity index (χ1n) is 7.68. The van der Waals surface area contributed by atoms with E-state index in [0.29, 0.717) is 12.3 Å². The molecule has 0 spiro atoms. The SMILES string of the molecule is CCOCn1nccc1C(O)c1cc2c(c(Cl)c1Cl)OC(C(=O)OC)O2. The van der Waals surface area contributed by atoms with Gasteiger partial charge in [0.15, 0.2) is 11.5 Å². The van der Waals surface area contributed by atoms with Crippen LogP contribution in [0.2, 0.25) is 10.0 Å². The Morgan fingerprint density at radius 3 is 2.88 bits per heavy atom. The van der Waals surface area contributed by atoms with Crippen LogP contribution < -0.4 is 9.47 Å². The largest absolute Gasteiger partial charge is 0.463 e. The summed E-state index contributed by atoms with van der Waals surface area (Å²) in [4.78, 5) is 11.6. The lowest BCUT2D eigenvalue weighted by Crippen LogP contribution is -2.30. The molecule has 1 aromatic heterocycles. The number of rotatable bonds is 6. The summed E-state index contributed by atoms with van der Waals surface area (Å²) in [6, 6.07) is 3.10. The highest BCUT2D eigenvalue weighted by Crippen LogP contribution is 2.48. The van der Waals surface area contributed by atoms with Crippen molar-refractivity contribution in [1.82, 2.24) is 9.78 Å². The molecule has 1 aromatic carbocycles. The summed E-state index contributed by atoms with van der Waals surface area (Å²) in [6.45, 7) is 2.53. The van der Waals surface area contributed by atoms with Crippen LogP contribution in [0.1, 0.15) is 24.3 Å². The van der Waals surface area contributed by atoms with Crippen LogP contribution in [0.25, 0.3) is 0 Å². The van der Waals surface area contributed by atoms with Crippen LogP contribution in [-0.4, -0.2) is 40.9 Å². The van der Waals surface area contributed by atoms with Crippen molar-refractivity contribution in [2.24, 2.45) is 0 Å². The predicted molar refractivity (Wildman–Crippen MR) is 91.4 cm³/mol. The monoisotopic (exact) mass is 402 g/mol. The second-order valence-electron chi connectivity index (χ2n) is 5.29. The number of hydrogen-bond acceptors (Lipinski definition) is 7. The third-order valence-electron chi connectivity index (χ3n) is 3.75. The van der Waals surface area contributed by atoms with Crippen LogP contribution in [0.4, 0.5) is 0 Å². The van der Waals surface area contributed by atoms with Crippen molar-refractivity contribution in [3.63, 3.8) is 0 Å². The van der Waals surface area contributed by atoms with Crippen molar-refractivity contribution in [3.05, 3.63) is 39.6 Å². The van der Waals surface area contributed by atoms with Crippen molar-refractivity contribution in [3.8, 4) is 11.5 Å². The fraction of sp³-hybridized carbons (Fsp3) is 0.375. The van der Waals surface area contributed by atoms with Gasteiger partial charge in [0, 0.05) is 18.4 Å². The lowest BCUT2D eigenvalue weighted by atomic mass is 10.1. The average Bonchev–Trinajstić information content (AvgIpc) is 3.28. The Morgan fingerprint density at radius 2 is 2.19 bits per heavy atom. The number of esters is 1. The highest BCUT2D eigenvalue weighted by atomic mass is 35.5. The lowest BCUT2D eigenvalue weighted by Gasteiger charge is -2.16. The molecule has 3 rings (SSSR count). The van der Waals surface area contributed by atoms with Crippen LogP contribution in [0.5, 0.6) is 11.5 Å². The maximum Gasteiger partial charge on any atom is 0.389 e. The highest BCUT2D eigenvalue weighted by molar-refractivity contribution is 6.43. The van der Waals surface area contributed by atoms with Gasteiger partial charge in [0.1, 0.15) is 17.9 Å². The molecule has 1 aliphatic heterocycles. The van der Waals surface area contributed by atoms with Gasteiger partial charge in [-0.25, -0.2) is 9.48 Å². The third-order valence-corrected chi connectivity index (χ3v) is 4.61. The topological polar surface area (TPSA) is 92.0 Å². The van der Waals surface area contributed by atoms with Gasteiger partial charge in [0.25, 0.3) is 0 Å². The fourth-order valence-electron chi connectivity index (χ4n) is 2.46. The van der Waals surface area contributed by atoms with E-state index in [-0.39, 0.29) is 33.8 Å². The number of nitrogens with zero attached hydrogens (tertiary/aromatic N) is 2. The van der Waals surface area contributed by atoms with E-state index < -0.39 is 18.4 Å². The van der Waals surface area contributed by atoms with Gasteiger partial charge in [-0.15, -0.1) is 0 Å². The summed E-state index contributed by atoms with van der Waals surface area (Å²) in [5.74, 6) is -0.421. The standard InChI is InChI=1S/C16H16Cl2N2O6/c1-3-24-7-20-9(4-5-19-20)13(21)8-6-10-14(12(18)11(8)17)26-16(25-10)15(22)23-2/h4-6,13,16,21H,3,7H2,1-2H3. The van der Waals surface area contributed by atoms with E-state index >= 15 is 0 Å². The number of aliphatic hydroxyl groups excluding tert-OH is 1. The molecule has 140 valence electrons. The smallest absolute Gasteiger partial charge is 0.389 e. The first kappa shape index (κ1) is 18.8. The van der Waals surface area contributed by atoms with Crippen molar-refractivity contribution < 1.29 is 28.8 Å². The predicted octanol–water partition coefficient (Wildman–Crippen LogP) is 2.54. The zero-order valence-corrected chi connectivity index (χ0v) is 15.5. The summed E-state index contributed by atoms with van der Waals surface area (Å²) in [7, 11) is 1.21. The van der Waals surface area contributed by atoms with Crippen LogP contribution in [0.15, 0.2) is 18.3 Å². The van der Waals surface area contributed by atoms with Crippen molar-refractivity contribution in [2.45, 2.75) is 26.0 Å². The van der Waals surface area contributed by atoms with E-state index in [1.807, 2.05) is 6.92 Å². The summed E-state index contributed by atoms with van der Waals surface area (Å²) >= 11 is 12.5. The number of hydrogen-bond donors (Lipinski definition) is 1. The fourth-order valence-corrected chi connectivity index (χ4v) is 2.95. The number of aliphatic hydroxyl groups is 1. The number of carbonyl (C=O) groups excluding carboxylic acids is 1. The second kappa shape index (κ2) is 7.71. The van der Waals surface area contributed by atoms with E-state index in [9.17, 15) is 9.90 Å². The zero-order chi connectivity index (χ0) is 18.8. The van der Waals surface area contributed by atoms with Crippen molar-refractivity contribution in [2.75, 3.05) is 13.7 Å². The van der Waals surface area contributed by atoms with Crippen molar-refractivity contribution in [1.29, 1.82) is 0 Å². The van der Waals surface area contributed by atoms with Gasteiger partial charge >= 0.3 is 12.3 Å². The number of methoxy groups -OCH3 is 1. The molecule has 0 fully saturated rings. The zero-order valence-electron chi connectivity index (χ0n) is 13.9. The van der Waals surface area contributed by atoms with Crippen LogP contribution >= 0.6 is 23.2 Å². The Bertz CT molecular complexity index is 825. The quantitative estimate of drug-likeness (QED) is 0.741. The van der Waals surface area contributed by atoms with E-state index in [4.69, 9.17) is 37.4 Å². The number of aromatic nitrogens is 2. The molecule has 1 N–H and O–H groups in total.